The highest BCUT2D eigenvalue weighted by Crippen LogP contribution is 2.17. The lowest BCUT2D eigenvalue weighted by molar-refractivity contribution is 0.855. The van der Waals surface area contributed by atoms with E-state index in [0.717, 1.165) is 12.4 Å². The van der Waals surface area contributed by atoms with Crippen LogP contribution in [0.2, 0.25) is 0 Å². The minimum absolute atomic E-state index is 0.481. The molecule has 78 valence electrons. The molecule has 0 saturated carbocycles. The van der Waals surface area contributed by atoms with E-state index in [-0.39, 0.29) is 0 Å². The van der Waals surface area contributed by atoms with Crippen molar-refractivity contribution in [2.75, 3.05) is 18.5 Å². The lowest BCUT2D eigenvalue weighted by atomic mass is 10.2. The second-order valence-electron chi connectivity index (χ2n) is 3.81. The van der Waals surface area contributed by atoms with Gasteiger partial charge in [0.1, 0.15) is 5.82 Å². The van der Waals surface area contributed by atoms with Gasteiger partial charge in [-0.1, -0.05) is 28.9 Å². The van der Waals surface area contributed by atoms with E-state index in [4.69, 9.17) is 0 Å². The SMILES string of the molecule is Cc1cnc(N(C)CC(C)Br)c(C)c1. The Hall–Kier alpha value is -0.570. The molecule has 1 heterocycles. The zero-order chi connectivity index (χ0) is 10.7. The van der Waals surface area contributed by atoms with Crippen LogP contribution in [-0.4, -0.2) is 23.4 Å². The summed E-state index contributed by atoms with van der Waals surface area (Å²) in [5.74, 6) is 1.07. The van der Waals surface area contributed by atoms with E-state index >= 15 is 0 Å². The van der Waals surface area contributed by atoms with Crippen LogP contribution in [0.1, 0.15) is 18.1 Å². The summed E-state index contributed by atoms with van der Waals surface area (Å²) in [4.78, 5) is 7.09. The summed E-state index contributed by atoms with van der Waals surface area (Å²) < 4.78 is 0. The van der Waals surface area contributed by atoms with E-state index in [1.807, 2.05) is 6.20 Å². The van der Waals surface area contributed by atoms with Crippen molar-refractivity contribution in [2.24, 2.45) is 0 Å². The number of rotatable bonds is 3. The average Bonchev–Trinajstić information content (AvgIpc) is 2.01. The molecular weight excluding hydrogens is 240 g/mol. The van der Waals surface area contributed by atoms with Gasteiger partial charge in [-0.25, -0.2) is 4.98 Å². The van der Waals surface area contributed by atoms with E-state index in [1.165, 1.54) is 11.1 Å². The highest BCUT2D eigenvalue weighted by molar-refractivity contribution is 9.09. The molecule has 0 saturated heterocycles. The lowest BCUT2D eigenvalue weighted by Crippen LogP contribution is -2.25. The monoisotopic (exact) mass is 256 g/mol. The van der Waals surface area contributed by atoms with Gasteiger partial charge in [-0.15, -0.1) is 0 Å². The first-order chi connectivity index (χ1) is 6.50. The van der Waals surface area contributed by atoms with Crippen LogP contribution >= 0.6 is 15.9 Å². The van der Waals surface area contributed by atoms with E-state index in [9.17, 15) is 0 Å². The number of aromatic nitrogens is 1. The molecule has 1 aromatic heterocycles. The first kappa shape index (κ1) is 11.5. The van der Waals surface area contributed by atoms with Crippen LogP contribution in [0.25, 0.3) is 0 Å². The zero-order valence-corrected chi connectivity index (χ0v) is 10.8. The van der Waals surface area contributed by atoms with Gasteiger partial charge in [0.05, 0.1) is 0 Å². The number of halogens is 1. The number of nitrogens with zero attached hydrogens (tertiary/aromatic N) is 2. The molecule has 0 aliphatic heterocycles. The third-order valence-corrected chi connectivity index (χ3v) is 2.36. The standard InChI is InChI=1S/C11H17BrN2/c1-8-5-9(2)11(13-6-8)14(4)7-10(3)12/h5-6,10H,7H2,1-4H3. The quantitative estimate of drug-likeness (QED) is 0.774. The van der Waals surface area contributed by atoms with Crippen molar-refractivity contribution in [3.63, 3.8) is 0 Å². The van der Waals surface area contributed by atoms with E-state index in [0.29, 0.717) is 4.83 Å². The lowest BCUT2D eigenvalue weighted by Gasteiger charge is -2.21. The van der Waals surface area contributed by atoms with E-state index in [1.54, 1.807) is 0 Å². The van der Waals surface area contributed by atoms with Gasteiger partial charge in [-0.2, -0.15) is 0 Å². The first-order valence-electron chi connectivity index (χ1n) is 4.79. The van der Waals surface area contributed by atoms with Gasteiger partial charge in [0.15, 0.2) is 0 Å². The minimum atomic E-state index is 0.481. The molecule has 0 N–H and O–H groups in total. The van der Waals surface area contributed by atoms with Gasteiger partial charge in [0.2, 0.25) is 0 Å². The van der Waals surface area contributed by atoms with Gasteiger partial charge in [-0.3, -0.25) is 0 Å². The van der Waals surface area contributed by atoms with Crippen molar-refractivity contribution >= 4 is 21.7 Å². The van der Waals surface area contributed by atoms with Crippen LogP contribution in [0, 0.1) is 13.8 Å². The maximum absolute atomic E-state index is 4.44. The molecule has 0 spiro atoms. The van der Waals surface area contributed by atoms with Crippen molar-refractivity contribution in [1.29, 1.82) is 0 Å². The number of aryl methyl sites for hydroxylation is 2. The predicted octanol–water partition coefficient (Wildman–Crippen LogP) is 2.92. The maximum Gasteiger partial charge on any atom is 0.131 e. The van der Waals surface area contributed by atoms with Crippen molar-refractivity contribution < 1.29 is 0 Å². The smallest absolute Gasteiger partial charge is 0.131 e. The number of pyridine rings is 1. The van der Waals surface area contributed by atoms with Crippen LogP contribution in [0.15, 0.2) is 12.3 Å². The molecule has 1 unspecified atom stereocenters. The number of anilines is 1. The van der Waals surface area contributed by atoms with Crippen LogP contribution in [0.4, 0.5) is 5.82 Å². The molecule has 2 nitrogen and oxygen atoms in total. The Morgan fingerprint density at radius 1 is 1.50 bits per heavy atom. The van der Waals surface area contributed by atoms with Gasteiger partial charge < -0.3 is 4.90 Å². The molecule has 14 heavy (non-hydrogen) atoms. The summed E-state index contributed by atoms with van der Waals surface area (Å²) >= 11 is 3.54. The molecule has 0 radical (unpaired) electrons. The Labute approximate surface area is 94.5 Å². The Balaban J connectivity index is 2.84. The van der Waals surface area contributed by atoms with E-state index < -0.39 is 0 Å². The van der Waals surface area contributed by atoms with Crippen molar-refractivity contribution in [3.05, 3.63) is 23.4 Å². The van der Waals surface area contributed by atoms with Gasteiger partial charge in [0.25, 0.3) is 0 Å². The largest absolute Gasteiger partial charge is 0.358 e. The van der Waals surface area contributed by atoms with Crippen LogP contribution < -0.4 is 4.90 Å². The van der Waals surface area contributed by atoms with E-state index in [2.05, 4.69) is 59.7 Å². The summed E-state index contributed by atoms with van der Waals surface area (Å²) in [6, 6.07) is 2.16. The van der Waals surface area contributed by atoms with Crippen molar-refractivity contribution in [3.8, 4) is 0 Å². The van der Waals surface area contributed by atoms with Crippen LogP contribution in [0.5, 0.6) is 0 Å². The summed E-state index contributed by atoms with van der Waals surface area (Å²) in [7, 11) is 2.07. The van der Waals surface area contributed by atoms with Gasteiger partial charge >= 0.3 is 0 Å². The molecular formula is C11H17BrN2. The second kappa shape index (κ2) is 4.78. The third-order valence-electron chi connectivity index (χ3n) is 2.07. The minimum Gasteiger partial charge on any atom is -0.358 e. The molecule has 3 heteroatoms. The molecule has 0 fully saturated rings. The van der Waals surface area contributed by atoms with Gasteiger partial charge in [-0.05, 0) is 25.0 Å². The molecule has 0 amide bonds. The average molecular weight is 257 g/mol. The summed E-state index contributed by atoms with van der Waals surface area (Å²) in [5, 5.41) is 0. The Morgan fingerprint density at radius 2 is 2.14 bits per heavy atom. The third kappa shape index (κ3) is 2.98. The molecule has 0 aliphatic rings. The van der Waals surface area contributed by atoms with Crippen LogP contribution in [0.3, 0.4) is 0 Å². The molecule has 1 atom stereocenters. The fourth-order valence-corrected chi connectivity index (χ4v) is 2.01. The summed E-state index contributed by atoms with van der Waals surface area (Å²) in [6.07, 6.45) is 1.91. The maximum atomic E-state index is 4.44. The second-order valence-corrected chi connectivity index (χ2v) is 5.38. The van der Waals surface area contributed by atoms with Crippen molar-refractivity contribution in [2.45, 2.75) is 25.6 Å². The number of hydrogen-bond acceptors (Lipinski definition) is 2. The molecule has 1 aromatic rings. The fourth-order valence-electron chi connectivity index (χ4n) is 1.57. The predicted molar refractivity (Wildman–Crippen MR) is 65.4 cm³/mol. The highest BCUT2D eigenvalue weighted by Gasteiger charge is 2.08. The molecule has 0 aliphatic carbocycles. The number of hydrogen-bond donors (Lipinski definition) is 0. The first-order valence-corrected chi connectivity index (χ1v) is 5.70. The topological polar surface area (TPSA) is 16.1 Å². The molecule has 0 aromatic carbocycles. The van der Waals surface area contributed by atoms with Gasteiger partial charge in [0, 0.05) is 24.6 Å². The normalized spacial score (nSPS) is 12.6. The molecule has 0 bridgehead atoms. The zero-order valence-electron chi connectivity index (χ0n) is 9.21. The summed E-state index contributed by atoms with van der Waals surface area (Å²) in [5.41, 5.74) is 2.45. The Kier molecular flexibility index (Phi) is 3.93. The Morgan fingerprint density at radius 3 is 2.64 bits per heavy atom. The highest BCUT2D eigenvalue weighted by atomic mass is 79.9. The van der Waals surface area contributed by atoms with Crippen LogP contribution in [-0.2, 0) is 0 Å². The number of alkyl halides is 1. The molecule has 1 rings (SSSR count). The Bertz CT molecular complexity index is 310. The summed E-state index contributed by atoms with van der Waals surface area (Å²) in [6.45, 7) is 7.28. The fraction of sp³-hybridized carbons (Fsp3) is 0.545. The van der Waals surface area contributed by atoms with Crippen molar-refractivity contribution in [1.82, 2.24) is 4.98 Å².